The lowest BCUT2D eigenvalue weighted by molar-refractivity contribution is -0.121. The second kappa shape index (κ2) is 6.96. The third-order valence-electron chi connectivity index (χ3n) is 3.16. The number of rotatable bonds is 7. The van der Waals surface area contributed by atoms with Gasteiger partial charge in [-0.15, -0.1) is 0 Å². The molecule has 0 heterocycles. The molecule has 0 spiro atoms. The summed E-state index contributed by atoms with van der Waals surface area (Å²) < 4.78 is 0. The highest BCUT2D eigenvalue weighted by molar-refractivity contribution is 5.83. The van der Waals surface area contributed by atoms with Crippen molar-refractivity contribution in [2.75, 3.05) is 26.7 Å². The molecule has 88 valence electrons. The number of carbonyl (C=O) groups is 1. The van der Waals surface area contributed by atoms with Crippen LogP contribution in [-0.2, 0) is 4.79 Å². The maximum atomic E-state index is 11.4. The first-order valence-electron chi connectivity index (χ1n) is 6.06. The highest BCUT2D eigenvalue weighted by Crippen LogP contribution is 2.21. The van der Waals surface area contributed by atoms with E-state index in [9.17, 15) is 4.79 Å². The van der Waals surface area contributed by atoms with Gasteiger partial charge in [0.25, 0.3) is 0 Å². The van der Waals surface area contributed by atoms with Crippen LogP contribution in [0.1, 0.15) is 38.5 Å². The van der Waals surface area contributed by atoms with Gasteiger partial charge in [-0.3, -0.25) is 4.79 Å². The van der Waals surface area contributed by atoms with Crippen LogP contribution in [0.15, 0.2) is 0 Å². The minimum atomic E-state index is 0.296. The molecule has 1 saturated carbocycles. The predicted molar refractivity (Wildman–Crippen MR) is 60.8 cm³/mol. The van der Waals surface area contributed by atoms with Crippen LogP contribution in [0.2, 0.25) is 0 Å². The number of aliphatic hydroxyl groups excluding tert-OH is 1. The Morgan fingerprint density at radius 2 is 2.20 bits per heavy atom. The number of aliphatic hydroxyl groups is 1. The van der Waals surface area contributed by atoms with Crippen LogP contribution in [0, 0.1) is 5.92 Å². The van der Waals surface area contributed by atoms with Gasteiger partial charge in [-0.25, -0.2) is 0 Å². The van der Waals surface area contributed by atoms with Gasteiger partial charge in [-0.05, 0) is 45.7 Å². The Kier molecular flexibility index (Phi) is 5.88. The van der Waals surface area contributed by atoms with Gasteiger partial charge < -0.3 is 10.0 Å². The van der Waals surface area contributed by atoms with E-state index in [2.05, 4.69) is 11.9 Å². The molecule has 0 aliphatic heterocycles. The molecule has 1 aliphatic carbocycles. The van der Waals surface area contributed by atoms with Crippen LogP contribution in [0.3, 0.4) is 0 Å². The third-order valence-corrected chi connectivity index (χ3v) is 3.16. The lowest BCUT2D eigenvalue weighted by atomic mass is 10.1. The highest BCUT2D eigenvalue weighted by atomic mass is 16.2. The molecule has 0 saturated heterocycles. The predicted octanol–water partition coefficient (Wildman–Crippen LogP) is 1.45. The molecule has 3 nitrogen and oxygen atoms in total. The number of unbranched alkanes of at least 4 members (excludes halogenated alkanes) is 2. The van der Waals surface area contributed by atoms with Crippen LogP contribution in [0.4, 0.5) is 0 Å². The van der Waals surface area contributed by atoms with Crippen LogP contribution >= 0.6 is 0 Å². The second-order valence-electron chi connectivity index (χ2n) is 4.60. The summed E-state index contributed by atoms with van der Waals surface area (Å²) in [6.45, 7) is 2.27. The molecule has 0 aromatic carbocycles. The van der Waals surface area contributed by atoms with E-state index in [1.807, 2.05) is 0 Å². The molecule has 0 aromatic heterocycles. The van der Waals surface area contributed by atoms with E-state index < -0.39 is 0 Å². The Morgan fingerprint density at radius 3 is 2.80 bits per heavy atom. The van der Waals surface area contributed by atoms with E-state index in [1.165, 1.54) is 0 Å². The Hall–Kier alpha value is -0.410. The number of nitrogens with zero attached hydrogens (tertiary/aromatic N) is 1. The quantitative estimate of drug-likeness (QED) is 0.651. The molecule has 1 unspecified atom stereocenters. The number of hydrogen-bond donors (Lipinski definition) is 1. The van der Waals surface area contributed by atoms with Crippen LogP contribution in [0.5, 0.6) is 0 Å². The molecule has 0 amide bonds. The normalized spacial score (nSPS) is 21.5. The third kappa shape index (κ3) is 4.76. The Bertz CT molecular complexity index is 194. The average molecular weight is 213 g/mol. The van der Waals surface area contributed by atoms with E-state index in [1.54, 1.807) is 0 Å². The Balaban J connectivity index is 2.07. The highest BCUT2D eigenvalue weighted by Gasteiger charge is 2.24. The van der Waals surface area contributed by atoms with Crippen molar-refractivity contribution in [1.82, 2.24) is 4.90 Å². The molecule has 1 aliphatic rings. The summed E-state index contributed by atoms with van der Waals surface area (Å²) in [6, 6.07) is 0. The van der Waals surface area contributed by atoms with Gasteiger partial charge in [0.2, 0.25) is 0 Å². The van der Waals surface area contributed by atoms with Crippen LogP contribution < -0.4 is 0 Å². The van der Waals surface area contributed by atoms with Crippen molar-refractivity contribution in [2.24, 2.45) is 5.92 Å². The van der Waals surface area contributed by atoms with Crippen LogP contribution in [-0.4, -0.2) is 42.5 Å². The van der Waals surface area contributed by atoms with E-state index >= 15 is 0 Å². The van der Waals surface area contributed by atoms with Gasteiger partial charge in [0.05, 0.1) is 0 Å². The molecular formula is C12H23NO2. The monoisotopic (exact) mass is 213 g/mol. The summed E-state index contributed by atoms with van der Waals surface area (Å²) in [5, 5.41) is 8.64. The minimum Gasteiger partial charge on any atom is -0.396 e. The number of Topliss-reactive ketones (excluding diaryl/α,β-unsaturated/α-hetero) is 1. The van der Waals surface area contributed by atoms with Crippen molar-refractivity contribution in [2.45, 2.75) is 38.5 Å². The first-order valence-corrected chi connectivity index (χ1v) is 6.06. The van der Waals surface area contributed by atoms with E-state index in [0.29, 0.717) is 18.3 Å². The summed E-state index contributed by atoms with van der Waals surface area (Å²) in [4.78, 5) is 13.7. The van der Waals surface area contributed by atoms with Crippen LogP contribution in [0.25, 0.3) is 0 Å². The zero-order valence-corrected chi connectivity index (χ0v) is 9.74. The van der Waals surface area contributed by atoms with Crippen molar-refractivity contribution in [3.63, 3.8) is 0 Å². The van der Waals surface area contributed by atoms with Crippen molar-refractivity contribution in [1.29, 1.82) is 0 Å². The molecule has 1 rings (SSSR count). The Labute approximate surface area is 92.5 Å². The van der Waals surface area contributed by atoms with Crippen molar-refractivity contribution < 1.29 is 9.90 Å². The van der Waals surface area contributed by atoms with Crippen molar-refractivity contribution in [3.05, 3.63) is 0 Å². The molecular weight excluding hydrogens is 190 g/mol. The summed E-state index contributed by atoms with van der Waals surface area (Å²) >= 11 is 0. The SMILES string of the molecule is CN(CCCCCO)CC1CCCC1=O. The molecule has 1 N–H and O–H groups in total. The zero-order valence-electron chi connectivity index (χ0n) is 9.74. The lowest BCUT2D eigenvalue weighted by Crippen LogP contribution is -2.28. The molecule has 3 heteroatoms. The largest absolute Gasteiger partial charge is 0.396 e. The molecule has 0 bridgehead atoms. The molecule has 1 atom stereocenters. The van der Waals surface area contributed by atoms with Gasteiger partial charge in [-0.1, -0.05) is 0 Å². The van der Waals surface area contributed by atoms with E-state index in [0.717, 1.165) is 51.6 Å². The van der Waals surface area contributed by atoms with Crippen molar-refractivity contribution in [3.8, 4) is 0 Å². The Morgan fingerprint density at radius 1 is 1.40 bits per heavy atom. The molecule has 0 aromatic rings. The van der Waals surface area contributed by atoms with Crippen molar-refractivity contribution >= 4 is 5.78 Å². The average Bonchev–Trinajstić information content (AvgIpc) is 2.59. The van der Waals surface area contributed by atoms with Gasteiger partial charge >= 0.3 is 0 Å². The smallest absolute Gasteiger partial charge is 0.137 e. The summed E-state index contributed by atoms with van der Waals surface area (Å²) in [5.74, 6) is 0.755. The number of hydrogen-bond acceptors (Lipinski definition) is 3. The second-order valence-corrected chi connectivity index (χ2v) is 4.60. The van der Waals surface area contributed by atoms with Gasteiger partial charge in [0.15, 0.2) is 0 Å². The van der Waals surface area contributed by atoms with Gasteiger partial charge in [-0.2, -0.15) is 0 Å². The fraction of sp³-hybridized carbons (Fsp3) is 0.917. The fourth-order valence-corrected chi connectivity index (χ4v) is 2.22. The number of carbonyl (C=O) groups excluding carboxylic acids is 1. The zero-order chi connectivity index (χ0) is 11.1. The number of ketones is 1. The fourth-order valence-electron chi connectivity index (χ4n) is 2.22. The van der Waals surface area contributed by atoms with E-state index in [4.69, 9.17) is 5.11 Å². The first kappa shape index (κ1) is 12.7. The minimum absolute atomic E-state index is 0.296. The van der Waals surface area contributed by atoms with E-state index in [-0.39, 0.29) is 0 Å². The standard InChI is InChI=1S/C12H23NO2/c1-13(8-3-2-4-9-14)10-11-6-5-7-12(11)15/h11,14H,2-10H2,1H3. The maximum Gasteiger partial charge on any atom is 0.137 e. The van der Waals surface area contributed by atoms with Gasteiger partial charge in [0, 0.05) is 25.5 Å². The molecule has 15 heavy (non-hydrogen) atoms. The van der Waals surface area contributed by atoms with Gasteiger partial charge in [0.1, 0.15) is 5.78 Å². The maximum absolute atomic E-state index is 11.4. The summed E-state index contributed by atoms with van der Waals surface area (Å²) in [6.07, 6.45) is 6.07. The molecule has 1 fully saturated rings. The summed E-state index contributed by atoms with van der Waals surface area (Å²) in [5.41, 5.74) is 0. The topological polar surface area (TPSA) is 40.5 Å². The first-order chi connectivity index (χ1) is 7.24. The lowest BCUT2D eigenvalue weighted by Gasteiger charge is -2.19. The molecule has 0 radical (unpaired) electrons. The summed E-state index contributed by atoms with van der Waals surface area (Å²) in [7, 11) is 2.09.